The number of hydrogen-bond donors (Lipinski definition) is 0. The van der Waals surface area contributed by atoms with Gasteiger partial charge < -0.3 is 0 Å². The van der Waals surface area contributed by atoms with Gasteiger partial charge in [0, 0.05) is 17.8 Å². The summed E-state index contributed by atoms with van der Waals surface area (Å²) in [6.07, 6.45) is 4.82. The van der Waals surface area contributed by atoms with Gasteiger partial charge in [-0.15, -0.1) is 0 Å². The third-order valence-electron chi connectivity index (χ3n) is 3.71. The highest BCUT2D eigenvalue weighted by molar-refractivity contribution is 7.90. The second-order valence-corrected chi connectivity index (χ2v) is 7.45. The molecule has 1 aliphatic rings. The summed E-state index contributed by atoms with van der Waals surface area (Å²) in [6.45, 7) is 0. The Bertz CT molecular complexity index is 974. The molecular formula is C15H14N4O2S. The zero-order chi connectivity index (χ0) is 15.3. The highest BCUT2D eigenvalue weighted by Crippen LogP contribution is 2.39. The third-order valence-corrected chi connectivity index (χ3v) is 4.57. The minimum absolute atomic E-state index is 0.171. The van der Waals surface area contributed by atoms with Crippen molar-refractivity contribution in [3.63, 3.8) is 0 Å². The maximum atomic E-state index is 11.7. The van der Waals surface area contributed by atoms with Crippen LogP contribution in [0.2, 0.25) is 0 Å². The van der Waals surface area contributed by atoms with E-state index in [0.29, 0.717) is 17.4 Å². The molecule has 4 rings (SSSR count). The molecule has 0 N–H and O–H groups in total. The summed E-state index contributed by atoms with van der Waals surface area (Å²) in [6, 6.07) is 10.1. The number of sulfone groups is 1. The van der Waals surface area contributed by atoms with Crippen LogP contribution < -0.4 is 0 Å². The molecule has 7 heteroatoms. The third kappa shape index (κ3) is 2.18. The molecular weight excluding hydrogens is 300 g/mol. The van der Waals surface area contributed by atoms with E-state index >= 15 is 0 Å². The summed E-state index contributed by atoms with van der Waals surface area (Å²) in [5.41, 5.74) is 2.29. The largest absolute Gasteiger partial charge is 0.261 e. The van der Waals surface area contributed by atoms with Crippen LogP contribution in [0.15, 0.2) is 41.7 Å². The van der Waals surface area contributed by atoms with Crippen molar-refractivity contribution in [1.82, 2.24) is 19.7 Å². The maximum Gasteiger partial charge on any atom is 0.247 e. The van der Waals surface area contributed by atoms with Gasteiger partial charge in [0.1, 0.15) is 5.69 Å². The van der Waals surface area contributed by atoms with Crippen molar-refractivity contribution in [1.29, 1.82) is 0 Å². The van der Waals surface area contributed by atoms with Crippen LogP contribution in [-0.4, -0.2) is 34.4 Å². The predicted octanol–water partition coefficient (Wildman–Crippen LogP) is 2.23. The average molecular weight is 314 g/mol. The highest BCUT2D eigenvalue weighted by Gasteiger charge is 2.28. The van der Waals surface area contributed by atoms with Crippen molar-refractivity contribution in [3.8, 4) is 11.4 Å². The molecule has 3 aromatic rings. The lowest BCUT2D eigenvalue weighted by Gasteiger charge is -2.00. The van der Waals surface area contributed by atoms with Gasteiger partial charge in [-0.2, -0.15) is 5.10 Å². The number of aromatic nitrogens is 4. The van der Waals surface area contributed by atoms with E-state index in [9.17, 15) is 8.42 Å². The molecule has 6 nitrogen and oxygen atoms in total. The van der Waals surface area contributed by atoms with Gasteiger partial charge in [-0.3, -0.25) is 4.68 Å². The van der Waals surface area contributed by atoms with Crippen molar-refractivity contribution in [2.45, 2.75) is 24.0 Å². The number of rotatable bonds is 3. The van der Waals surface area contributed by atoms with Gasteiger partial charge in [0.15, 0.2) is 0 Å². The van der Waals surface area contributed by atoms with Crippen molar-refractivity contribution >= 4 is 20.7 Å². The number of hydrogen-bond acceptors (Lipinski definition) is 5. The maximum absolute atomic E-state index is 11.7. The average Bonchev–Trinajstić information content (AvgIpc) is 3.27. The smallest absolute Gasteiger partial charge is 0.247 e. The molecule has 0 radical (unpaired) electrons. The van der Waals surface area contributed by atoms with E-state index in [1.165, 1.54) is 6.20 Å². The summed E-state index contributed by atoms with van der Waals surface area (Å²) in [4.78, 5) is 8.02. The number of nitrogens with zero attached hydrogens (tertiary/aromatic N) is 4. The van der Waals surface area contributed by atoms with Crippen LogP contribution in [0.1, 0.15) is 18.9 Å². The molecule has 0 unspecified atom stereocenters. The van der Waals surface area contributed by atoms with Crippen LogP contribution in [0.25, 0.3) is 22.3 Å². The normalized spacial score (nSPS) is 15.3. The van der Waals surface area contributed by atoms with Gasteiger partial charge in [0.05, 0.1) is 17.3 Å². The Labute approximate surface area is 127 Å². The van der Waals surface area contributed by atoms with Gasteiger partial charge >= 0.3 is 0 Å². The first kappa shape index (κ1) is 13.4. The van der Waals surface area contributed by atoms with Gasteiger partial charge in [-0.25, -0.2) is 18.4 Å². The lowest BCUT2D eigenvalue weighted by Crippen LogP contribution is -2.04. The van der Waals surface area contributed by atoms with E-state index in [1.807, 2.05) is 28.9 Å². The fraction of sp³-hybridized carbons (Fsp3) is 0.267. The van der Waals surface area contributed by atoms with E-state index in [4.69, 9.17) is 0 Å². The molecule has 0 bridgehead atoms. The number of para-hydroxylation sites is 1. The van der Waals surface area contributed by atoms with Crippen LogP contribution in [0.4, 0.5) is 0 Å². The van der Waals surface area contributed by atoms with E-state index in [0.717, 1.165) is 30.0 Å². The van der Waals surface area contributed by atoms with Gasteiger partial charge in [-0.05, 0) is 25.0 Å². The lowest BCUT2D eigenvalue weighted by atomic mass is 10.1. The fourth-order valence-corrected chi connectivity index (χ4v) is 3.04. The Hall–Kier alpha value is -2.28. The zero-order valence-electron chi connectivity index (χ0n) is 12.0. The van der Waals surface area contributed by atoms with Crippen molar-refractivity contribution in [2.75, 3.05) is 6.26 Å². The highest BCUT2D eigenvalue weighted by atomic mass is 32.2. The van der Waals surface area contributed by atoms with Gasteiger partial charge in [0.25, 0.3) is 0 Å². The first-order valence-corrected chi connectivity index (χ1v) is 8.94. The quantitative estimate of drug-likeness (QED) is 0.693. The van der Waals surface area contributed by atoms with Crippen molar-refractivity contribution in [3.05, 3.63) is 36.5 Å². The van der Waals surface area contributed by atoms with E-state index in [2.05, 4.69) is 15.1 Å². The monoisotopic (exact) mass is 314 g/mol. The minimum atomic E-state index is -3.44. The van der Waals surface area contributed by atoms with Gasteiger partial charge in [-0.1, -0.05) is 18.2 Å². The molecule has 0 spiro atoms. The Balaban J connectivity index is 1.95. The SMILES string of the molecule is CS(=O)(=O)c1nccc(-c2nn(C3CC3)c3ccccc23)n1. The van der Waals surface area contributed by atoms with Crippen LogP contribution in [0.3, 0.4) is 0 Å². The second-order valence-electron chi connectivity index (χ2n) is 5.54. The molecule has 2 aromatic heterocycles. The molecule has 0 atom stereocenters. The van der Waals surface area contributed by atoms with Gasteiger partial charge in [0.2, 0.25) is 15.0 Å². The van der Waals surface area contributed by atoms with Crippen molar-refractivity contribution in [2.24, 2.45) is 0 Å². The first-order valence-electron chi connectivity index (χ1n) is 7.05. The van der Waals surface area contributed by atoms with Crippen LogP contribution in [-0.2, 0) is 9.84 Å². The standard InChI is InChI=1S/C15H14N4O2S/c1-22(20,21)15-16-9-8-12(17-15)14-11-4-2-3-5-13(11)19(18-14)10-6-7-10/h2-5,8-10H,6-7H2,1H3. The van der Waals surface area contributed by atoms with E-state index in [1.54, 1.807) is 6.07 Å². The minimum Gasteiger partial charge on any atom is -0.261 e. The Morgan fingerprint density at radius 2 is 1.95 bits per heavy atom. The second kappa shape index (κ2) is 4.61. The van der Waals surface area contributed by atoms with E-state index < -0.39 is 9.84 Å². The Morgan fingerprint density at radius 3 is 2.68 bits per heavy atom. The molecule has 1 fully saturated rings. The molecule has 1 aliphatic carbocycles. The summed E-state index contributed by atoms with van der Waals surface area (Å²) < 4.78 is 25.3. The molecule has 0 aliphatic heterocycles. The Morgan fingerprint density at radius 1 is 1.18 bits per heavy atom. The molecule has 0 saturated heterocycles. The van der Waals surface area contributed by atoms with Crippen molar-refractivity contribution < 1.29 is 8.42 Å². The zero-order valence-corrected chi connectivity index (χ0v) is 12.8. The van der Waals surface area contributed by atoms with Crippen LogP contribution in [0, 0.1) is 0 Å². The summed E-state index contributed by atoms with van der Waals surface area (Å²) in [7, 11) is -3.44. The fourth-order valence-electron chi connectivity index (χ4n) is 2.53. The first-order chi connectivity index (χ1) is 10.5. The van der Waals surface area contributed by atoms with Crippen LogP contribution >= 0.6 is 0 Å². The molecule has 2 heterocycles. The number of benzene rings is 1. The summed E-state index contributed by atoms with van der Waals surface area (Å²) in [5, 5.41) is 5.48. The van der Waals surface area contributed by atoms with E-state index in [-0.39, 0.29) is 5.16 Å². The predicted molar refractivity (Wildman–Crippen MR) is 82.1 cm³/mol. The molecule has 112 valence electrons. The topological polar surface area (TPSA) is 77.7 Å². The lowest BCUT2D eigenvalue weighted by molar-refractivity contribution is 0.593. The molecule has 1 aromatic carbocycles. The molecule has 1 saturated carbocycles. The summed E-state index contributed by atoms with van der Waals surface area (Å²) in [5.74, 6) is 0. The Kier molecular flexibility index (Phi) is 2.80. The number of fused-ring (bicyclic) bond motifs is 1. The molecule has 22 heavy (non-hydrogen) atoms. The van der Waals surface area contributed by atoms with Crippen LogP contribution in [0.5, 0.6) is 0 Å². The molecule has 0 amide bonds. The summed E-state index contributed by atoms with van der Waals surface area (Å²) >= 11 is 0.